The number of aromatic amines is 1. The summed E-state index contributed by atoms with van der Waals surface area (Å²) in [7, 11) is 0. The van der Waals surface area contributed by atoms with Crippen molar-refractivity contribution in [1.29, 1.82) is 0 Å². The normalized spacial score (nSPS) is 14.6. The van der Waals surface area contributed by atoms with Gasteiger partial charge >= 0.3 is 12.1 Å². The van der Waals surface area contributed by atoms with Gasteiger partial charge in [0.1, 0.15) is 11.3 Å². The predicted molar refractivity (Wildman–Crippen MR) is 113 cm³/mol. The molecule has 10 heteroatoms. The van der Waals surface area contributed by atoms with Crippen LogP contribution in [0.3, 0.4) is 0 Å². The van der Waals surface area contributed by atoms with E-state index in [1.165, 1.54) is 0 Å². The average molecular weight is 436 g/mol. The number of carbonyl (C=O) groups excluding carboxylic acids is 2. The molecule has 2 aromatic rings. The molecule has 0 bridgehead atoms. The number of rotatable bonds is 4. The monoisotopic (exact) mass is 435 g/mol. The highest BCUT2D eigenvalue weighted by molar-refractivity contribution is 6.33. The summed E-state index contributed by atoms with van der Waals surface area (Å²) < 4.78 is 10.4. The van der Waals surface area contributed by atoms with Gasteiger partial charge in [-0.25, -0.2) is 9.59 Å². The van der Waals surface area contributed by atoms with Crippen LogP contribution in [0.25, 0.3) is 11.3 Å². The van der Waals surface area contributed by atoms with E-state index in [9.17, 15) is 9.59 Å². The molecule has 1 aromatic carbocycles. The van der Waals surface area contributed by atoms with Crippen molar-refractivity contribution < 1.29 is 19.1 Å². The third-order valence-electron chi connectivity index (χ3n) is 4.52. The Kier molecular flexibility index (Phi) is 6.50. The number of ether oxygens (including phenoxy) is 2. The minimum absolute atomic E-state index is 0.0949. The minimum atomic E-state index is -0.556. The zero-order valence-corrected chi connectivity index (χ0v) is 18.3. The number of hydrogen-bond donors (Lipinski definition) is 1. The van der Waals surface area contributed by atoms with Crippen molar-refractivity contribution in [2.75, 3.05) is 37.7 Å². The van der Waals surface area contributed by atoms with Crippen molar-refractivity contribution >= 4 is 29.4 Å². The molecule has 30 heavy (non-hydrogen) atoms. The molecule has 1 aliphatic rings. The molecule has 1 fully saturated rings. The lowest BCUT2D eigenvalue weighted by atomic mass is 10.1. The van der Waals surface area contributed by atoms with Crippen molar-refractivity contribution in [2.24, 2.45) is 0 Å². The van der Waals surface area contributed by atoms with Gasteiger partial charge in [-0.1, -0.05) is 11.6 Å². The van der Waals surface area contributed by atoms with E-state index < -0.39 is 11.6 Å². The number of carbonyl (C=O) groups is 2. The quantitative estimate of drug-likeness (QED) is 0.734. The van der Waals surface area contributed by atoms with E-state index in [4.69, 9.17) is 21.1 Å². The summed E-state index contributed by atoms with van der Waals surface area (Å²) >= 11 is 6.50. The predicted octanol–water partition coefficient (Wildman–Crippen LogP) is 3.36. The first-order valence-electron chi connectivity index (χ1n) is 9.80. The molecule has 1 aliphatic heterocycles. The first kappa shape index (κ1) is 21.9. The number of nitrogens with one attached hydrogen (secondary N) is 1. The fourth-order valence-electron chi connectivity index (χ4n) is 3.13. The maximum Gasteiger partial charge on any atom is 0.410 e. The Labute approximate surface area is 180 Å². The van der Waals surface area contributed by atoms with E-state index in [1.807, 2.05) is 32.9 Å². The second kappa shape index (κ2) is 8.91. The lowest BCUT2D eigenvalue weighted by molar-refractivity contribution is 0.0240. The van der Waals surface area contributed by atoms with Crippen LogP contribution in [0.5, 0.6) is 0 Å². The zero-order chi connectivity index (χ0) is 21.9. The van der Waals surface area contributed by atoms with Gasteiger partial charge in [0, 0.05) is 37.4 Å². The number of benzene rings is 1. The maximum absolute atomic E-state index is 12.2. The number of nitrogens with zero attached hydrogens (tertiary/aromatic N) is 4. The molecule has 1 aromatic heterocycles. The van der Waals surface area contributed by atoms with Crippen LogP contribution in [-0.4, -0.2) is 70.8 Å². The second-order valence-electron chi connectivity index (χ2n) is 7.86. The van der Waals surface area contributed by atoms with Gasteiger partial charge < -0.3 is 19.3 Å². The Morgan fingerprint density at radius 2 is 1.87 bits per heavy atom. The molecule has 0 spiro atoms. The van der Waals surface area contributed by atoms with Gasteiger partial charge in [0.05, 0.1) is 11.6 Å². The Hall–Kier alpha value is -2.81. The molecule has 0 atom stereocenters. The number of piperazine rings is 1. The molecule has 2 heterocycles. The molecule has 0 radical (unpaired) electrons. The average Bonchev–Trinajstić information content (AvgIpc) is 3.16. The van der Waals surface area contributed by atoms with Crippen LogP contribution >= 0.6 is 11.6 Å². The molecule has 0 unspecified atom stereocenters. The van der Waals surface area contributed by atoms with Crippen LogP contribution in [0, 0.1) is 0 Å². The minimum Gasteiger partial charge on any atom is -0.461 e. The number of hydrogen-bond acceptors (Lipinski definition) is 7. The fraction of sp³-hybridized carbons (Fsp3) is 0.500. The Morgan fingerprint density at radius 3 is 2.47 bits per heavy atom. The summed E-state index contributed by atoms with van der Waals surface area (Å²) in [5.74, 6) is -0.556. The highest BCUT2D eigenvalue weighted by Gasteiger charge is 2.27. The van der Waals surface area contributed by atoms with E-state index in [0.29, 0.717) is 42.5 Å². The van der Waals surface area contributed by atoms with Gasteiger partial charge in [-0.15, -0.1) is 5.10 Å². The zero-order valence-electron chi connectivity index (χ0n) is 17.6. The number of halogens is 1. The first-order chi connectivity index (χ1) is 14.2. The standard InChI is InChI=1S/C20H26ClN5O4/c1-5-29-18(27)17-16(22-24-23-17)14-7-6-13(12-15(14)21)25-8-10-26(11-9-25)19(28)30-20(2,3)4/h6-7,12H,5,8-11H2,1-4H3,(H,22,23,24). The summed E-state index contributed by atoms with van der Waals surface area (Å²) in [6.45, 7) is 9.97. The van der Waals surface area contributed by atoms with Crippen LogP contribution in [0.4, 0.5) is 10.5 Å². The molecular weight excluding hydrogens is 410 g/mol. The first-order valence-corrected chi connectivity index (χ1v) is 10.2. The molecule has 3 rings (SSSR count). The Balaban J connectivity index is 1.70. The van der Waals surface area contributed by atoms with Crippen LogP contribution in [0.1, 0.15) is 38.2 Å². The molecule has 9 nitrogen and oxygen atoms in total. The summed E-state index contributed by atoms with van der Waals surface area (Å²) in [6, 6.07) is 5.54. The summed E-state index contributed by atoms with van der Waals surface area (Å²) in [6.07, 6.45) is -0.298. The molecule has 1 amide bonds. The van der Waals surface area contributed by atoms with Crippen molar-refractivity contribution in [3.05, 3.63) is 28.9 Å². The van der Waals surface area contributed by atoms with E-state index in [2.05, 4.69) is 20.3 Å². The molecular formula is C20H26ClN5O4. The van der Waals surface area contributed by atoms with E-state index in [0.717, 1.165) is 5.69 Å². The molecule has 1 N–H and O–H groups in total. The van der Waals surface area contributed by atoms with E-state index in [-0.39, 0.29) is 18.4 Å². The van der Waals surface area contributed by atoms with Crippen molar-refractivity contribution in [3.8, 4) is 11.3 Å². The fourth-order valence-corrected chi connectivity index (χ4v) is 3.39. The lowest BCUT2D eigenvalue weighted by Crippen LogP contribution is -2.50. The third kappa shape index (κ3) is 5.02. The SMILES string of the molecule is CCOC(=O)c1n[nH]nc1-c1ccc(N2CCN(C(=O)OC(C)(C)C)CC2)cc1Cl. The Bertz CT molecular complexity index is 916. The highest BCUT2D eigenvalue weighted by atomic mass is 35.5. The second-order valence-corrected chi connectivity index (χ2v) is 8.27. The number of amides is 1. The number of anilines is 1. The van der Waals surface area contributed by atoms with Gasteiger partial charge in [0.15, 0.2) is 5.69 Å². The van der Waals surface area contributed by atoms with E-state index >= 15 is 0 Å². The maximum atomic E-state index is 12.2. The molecule has 0 saturated carbocycles. The third-order valence-corrected chi connectivity index (χ3v) is 4.83. The van der Waals surface area contributed by atoms with Crippen LogP contribution in [0.15, 0.2) is 18.2 Å². The van der Waals surface area contributed by atoms with Crippen LogP contribution < -0.4 is 4.90 Å². The van der Waals surface area contributed by atoms with Crippen LogP contribution in [0.2, 0.25) is 5.02 Å². The lowest BCUT2D eigenvalue weighted by Gasteiger charge is -2.36. The number of esters is 1. The molecule has 162 valence electrons. The van der Waals surface area contributed by atoms with Crippen LogP contribution in [-0.2, 0) is 9.47 Å². The van der Waals surface area contributed by atoms with Crippen molar-refractivity contribution in [3.63, 3.8) is 0 Å². The van der Waals surface area contributed by atoms with E-state index in [1.54, 1.807) is 17.9 Å². The summed E-state index contributed by atoms with van der Waals surface area (Å²) in [4.78, 5) is 28.1. The highest BCUT2D eigenvalue weighted by Crippen LogP contribution is 2.32. The Morgan fingerprint density at radius 1 is 1.17 bits per heavy atom. The van der Waals surface area contributed by atoms with Gasteiger partial charge in [-0.05, 0) is 45.9 Å². The van der Waals surface area contributed by atoms with Gasteiger partial charge in [0.25, 0.3) is 0 Å². The van der Waals surface area contributed by atoms with Crippen molar-refractivity contribution in [1.82, 2.24) is 20.3 Å². The van der Waals surface area contributed by atoms with Crippen molar-refractivity contribution in [2.45, 2.75) is 33.3 Å². The van der Waals surface area contributed by atoms with Gasteiger partial charge in [-0.3, -0.25) is 0 Å². The number of aromatic nitrogens is 3. The summed E-state index contributed by atoms with van der Waals surface area (Å²) in [5, 5.41) is 10.8. The van der Waals surface area contributed by atoms with Gasteiger partial charge in [-0.2, -0.15) is 10.3 Å². The smallest absolute Gasteiger partial charge is 0.410 e. The number of H-pyrrole nitrogens is 1. The largest absolute Gasteiger partial charge is 0.461 e. The topological polar surface area (TPSA) is 101 Å². The summed E-state index contributed by atoms with van der Waals surface area (Å²) in [5.41, 5.74) is 1.44. The molecule has 1 saturated heterocycles. The van der Waals surface area contributed by atoms with Gasteiger partial charge in [0.2, 0.25) is 0 Å². The molecule has 0 aliphatic carbocycles.